The lowest BCUT2D eigenvalue weighted by Gasteiger charge is -2.11. The van der Waals surface area contributed by atoms with Crippen LogP contribution in [0.4, 0.5) is 0 Å². The predicted molar refractivity (Wildman–Crippen MR) is 76.4 cm³/mol. The second kappa shape index (κ2) is 6.39. The summed E-state index contributed by atoms with van der Waals surface area (Å²) in [6.45, 7) is 3.31. The van der Waals surface area contributed by atoms with Gasteiger partial charge >= 0.3 is 0 Å². The first-order valence-electron chi connectivity index (χ1n) is 6.54. The summed E-state index contributed by atoms with van der Waals surface area (Å²) in [6, 6.07) is 1.63. The molecule has 0 bridgehead atoms. The van der Waals surface area contributed by atoms with Crippen molar-refractivity contribution in [2.75, 3.05) is 6.54 Å². The summed E-state index contributed by atoms with van der Waals surface area (Å²) in [5.41, 5.74) is 0. The Morgan fingerprint density at radius 3 is 2.74 bits per heavy atom. The van der Waals surface area contributed by atoms with Crippen molar-refractivity contribution in [3.8, 4) is 0 Å². The number of hydrogen-bond acceptors (Lipinski definition) is 4. The Morgan fingerprint density at radius 2 is 2.11 bits per heavy atom. The number of hydrogen-bond donors (Lipinski definition) is 2. The molecule has 0 saturated heterocycles. The van der Waals surface area contributed by atoms with Crippen LogP contribution in [0.2, 0.25) is 0 Å². The highest BCUT2D eigenvalue weighted by atomic mass is 79.9. The van der Waals surface area contributed by atoms with E-state index < -0.39 is 10.0 Å². The largest absolute Gasteiger partial charge is 0.452 e. The summed E-state index contributed by atoms with van der Waals surface area (Å²) in [4.78, 5) is 0.187. The normalized spacial score (nSPS) is 17.2. The molecule has 19 heavy (non-hydrogen) atoms. The average Bonchev–Trinajstić information content (AvgIpc) is 2.95. The molecule has 1 fully saturated rings. The Bertz CT molecular complexity index is 521. The molecule has 1 saturated carbocycles. The van der Waals surface area contributed by atoms with Crippen LogP contribution in [0.3, 0.4) is 0 Å². The van der Waals surface area contributed by atoms with Crippen molar-refractivity contribution in [2.24, 2.45) is 0 Å². The molecule has 2 N–H and O–H groups in total. The third-order valence-electron chi connectivity index (χ3n) is 3.22. The Balaban J connectivity index is 2.12. The van der Waals surface area contributed by atoms with Gasteiger partial charge in [0, 0.05) is 12.1 Å². The van der Waals surface area contributed by atoms with Crippen LogP contribution in [0.1, 0.15) is 38.4 Å². The molecule has 0 aliphatic heterocycles. The minimum absolute atomic E-state index is 0.0593. The maximum absolute atomic E-state index is 12.3. The molecule has 1 aliphatic rings. The van der Waals surface area contributed by atoms with Crippen molar-refractivity contribution in [2.45, 2.75) is 50.1 Å². The maximum Gasteiger partial charge on any atom is 0.245 e. The van der Waals surface area contributed by atoms with Crippen molar-refractivity contribution in [1.29, 1.82) is 0 Å². The summed E-state index contributed by atoms with van der Waals surface area (Å²) >= 11 is 3.18. The smallest absolute Gasteiger partial charge is 0.245 e. The van der Waals surface area contributed by atoms with E-state index in [2.05, 4.69) is 26.0 Å². The van der Waals surface area contributed by atoms with Crippen LogP contribution in [-0.4, -0.2) is 21.0 Å². The van der Waals surface area contributed by atoms with Gasteiger partial charge in [0.05, 0.1) is 6.54 Å². The van der Waals surface area contributed by atoms with E-state index in [0.717, 1.165) is 32.2 Å². The van der Waals surface area contributed by atoms with Gasteiger partial charge in [0.1, 0.15) is 10.7 Å². The maximum atomic E-state index is 12.3. The van der Waals surface area contributed by atoms with Crippen LogP contribution in [0, 0.1) is 0 Å². The first-order chi connectivity index (χ1) is 9.03. The zero-order valence-electron chi connectivity index (χ0n) is 10.9. The molecule has 1 aromatic heterocycles. The van der Waals surface area contributed by atoms with Gasteiger partial charge in [0.15, 0.2) is 4.67 Å². The number of nitrogens with one attached hydrogen (secondary N) is 2. The van der Waals surface area contributed by atoms with Gasteiger partial charge in [-0.1, -0.05) is 19.8 Å². The van der Waals surface area contributed by atoms with E-state index in [1.165, 1.54) is 0 Å². The van der Waals surface area contributed by atoms with Crippen LogP contribution in [-0.2, 0) is 16.6 Å². The molecule has 0 unspecified atom stereocenters. The summed E-state index contributed by atoms with van der Waals surface area (Å²) in [7, 11) is -3.50. The van der Waals surface area contributed by atoms with Gasteiger partial charge in [0.25, 0.3) is 0 Å². The van der Waals surface area contributed by atoms with E-state index in [1.54, 1.807) is 6.07 Å². The van der Waals surface area contributed by atoms with Crippen molar-refractivity contribution in [1.82, 2.24) is 10.0 Å². The molecule has 108 valence electrons. The Morgan fingerprint density at radius 1 is 1.42 bits per heavy atom. The first-order valence-corrected chi connectivity index (χ1v) is 8.82. The van der Waals surface area contributed by atoms with E-state index >= 15 is 0 Å². The van der Waals surface area contributed by atoms with E-state index in [9.17, 15) is 8.42 Å². The first kappa shape index (κ1) is 15.0. The molecule has 1 aliphatic carbocycles. The molecule has 0 radical (unpaired) electrons. The zero-order valence-corrected chi connectivity index (χ0v) is 13.3. The number of rotatable bonds is 6. The summed E-state index contributed by atoms with van der Waals surface area (Å²) in [6.07, 6.45) is 4.01. The topological polar surface area (TPSA) is 71.3 Å². The van der Waals surface area contributed by atoms with E-state index in [0.29, 0.717) is 12.3 Å². The molecule has 1 heterocycles. The second-order valence-corrected chi connectivity index (χ2v) is 7.14. The Labute approximate surface area is 122 Å². The van der Waals surface area contributed by atoms with Gasteiger partial charge in [0.2, 0.25) is 10.0 Å². The van der Waals surface area contributed by atoms with Crippen LogP contribution < -0.4 is 10.0 Å². The monoisotopic (exact) mass is 350 g/mol. The minimum Gasteiger partial charge on any atom is -0.452 e. The van der Waals surface area contributed by atoms with Gasteiger partial charge in [-0.2, -0.15) is 0 Å². The molecule has 0 spiro atoms. The SMILES string of the molecule is CCNCc1cc(S(=O)(=O)NC2CCCC2)c(Br)o1. The number of sulfonamides is 1. The Kier molecular flexibility index (Phi) is 5.05. The highest BCUT2D eigenvalue weighted by molar-refractivity contribution is 9.10. The van der Waals surface area contributed by atoms with Crippen molar-refractivity contribution >= 4 is 26.0 Å². The predicted octanol–water partition coefficient (Wildman–Crippen LogP) is 2.37. The zero-order chi connectivity index (χ0) is 13.9. The van der Waals surface area contributed by atoms with E-state index in [1.807, 2.05) is 6.92 Å². The summed E-state index contributed by atoms with van der Waals surface area (Å²) < 4.78 is 33.0. The van der Waals surface area contributed by atoms with E-state index in [-0.39, 0.29) is 15.6 Å². The average molecular weight is 351 g/mol. The summed E-state index contributed by atoms with van der Waals surface area (Å²) in [5.74, 6) is 0.612. The third-order valence-corrected chi connectivity index (χ3v) is 5.60. The third kappa shape index (κ3) is 3.81. The molecular formula is C12H19BrN2O3S. The van der Waals surface area contributed by atoms with Crippen LogP contribution >= 0.6 is 15.9 Å². The standard InChI is InChI=1S/C12H19BrN2O3S/c1-2-14-8-10-7-11(12(13)18-10)19(16,17)15-9-5-3-4-6-9/h7,9,14-15H,2-6,8H2,1H3. The summed E-state index contributed by atoms with van der Waals surface area (Å²) in [5, 5.41) is 3.10. The van der Waals surface area contributed by atoms with Gasteiger partial charge in [-0.25, -0.2) is 13.1 Å². The van der Waals surface area contributed by atoms with Gasteiger partial charge in [-0.3, -0.25) is 0 Å². The molecule has 0 amide bonds. The lowest BCUT2D eigenvalue weighted by atomic mass is 10.3. The van der Waals surface area contributed by atoms with Gasteiger partial charge < -0.3 is 9.73 Å². The highest BCUT2D eigenvalue weighted by Crippen LogP contribution is 2.27. The molecule has 0 aromatic carbocycles. The number of furan rings is 1. The quantitative estimate of drug-likeness (QED) is 0.826. The highest BCUT2D eigenvalue weighted by Gasteiger charge is 2.27. The lowest BCUT2D eigenvalue weighted by Crippen LogP contribution is -2.32. The van der Waals surface area contributed by atoms with Crippen molar-refractivity contribution in [3.63, 3.8) is 0 Å². The molecule has 1 aromatic rings. The number of halogens is 1. The molecule has 2 rings (SSSR count). The second-order valence-electron chi connectivity index (χ2n) is 4.73. The van der Waals surface area contributed by atoms with E-state index in [4.69, 9.17) is 4.42 Å². The van der Waals surface area contributed by atoms with Crippen molar-refractivity contribution < 1.29 is 12.8 Å². The van der Waals surface area contributed by atoms with Crippen LogP contribution in [0.5, 0.6) is 0 Å². The molecular weight excluding hydrogens is 332 g/mol. The molecule has 5 nitrogen and oxygen atoms in total. The fourth-order valence-electron chi connectivity index (χ4n) is 2.24. The van der Waals surface area contributed by atoms with Gasteiger partial charge in [-0.05, 0) is 35.3 Å². The van der Waals surface area contributed by atoms with Crippen molar-refractivity contribution in [3.05, 3.63) is 16.5 Å². The van der Waals surface area contributed by atoms with Gasteiger partial charge in [-0.15, -0.1) is 0 Å². The van der Waals surface area contributed by atoms with Crippen LogP contribution in [0.25, 0.3) is 0 Å². The Hall–Kier alpha value is -0.370. The lowest BCUT2D eigenvalue weighted by molar-refractivity contribution is 0.463. The van der Waals surface area contributed by atoms with Crippen LogP contribution in [0.15, 0.2) is 20.0 Å². The minimum atomic E-state index is -3.50. The fourth-order valence-corrected chi connectivity index (χ4v) is 4.55. The molecule has 0 atom stereocenters. The fraction of sp³-hybridized carbons (Fsp3) is 0.667. The molecule has 7 heteroatoms.